The Labute approximate surface area is 196 Å². The number of rotatable bonds is 7. The SMILES string of the molecule is O=C(C=Cc1ccccc1)OC1C(OC2OC=CC3C(O)C=C(CO)C23)OC(CO)C(O)C1O. The van der Waals surface area contributed by atoms with Crippen molar-refractivity contribution in [3.63, 3.8) is 0 Å². The predicted octanol–water partition coefficient (Wildman–Crippen LogP) is -0.537. The summed E-state index contributed by atoms with van der Waals surface area (Å²) < 4.78 is 22.5. The molecule has 5 N–H and O–H groups in total. The lowest BCUT2D eigenvalue weighted by atomic mass is 9.88. The van der Waals surface area contributed by atoms with Gasteiger partial charge in [-0.2, -0.15) is 0 Å². The molecule has 0 saturated carbocycles. The summed E-state index contributed by atoms with van der Waals surface area (Å²) in [6.45, 7) is -0.950. The van der Waals surface area contributed by atoms with Crippen molar-refractivity contribution >= 4 is 12.0 Å². The summed E-state index contributed by atoms with van der Waals surface area (Å²) in [6.07, 6.45) is -1.92. The standard InChI is InChI=1S/C24H28O10/c25-11-14-10-16(27)15-8-9-31-23(19(14)15)34-24-22(21(30)20(29)17(12-26)32-24)33-18(28)7-6-13-4-2-1-3-5-13/h1-10,15-17,19-27,29-30H,11-12H2. The van der Waals surface area contributed by atoms with Crippen LogP contribution >= 0.6 is 0 Å². The summed E-state index contributed by atoms with van der Waals surface area (Å²) >= 11 is 0. The van der Waals surface area contributed by atoms with Gasteiger partial charge in [0, 0.05) is 12.0 Å². The minimum atomic E-state index is -1.62. The van der Waals surface area contributed by atoms with Gasteiger partial charge in [-0.15, -0.1) is 0 Å². The molecule has 0 amide bonds. The second kappa shape index (κ2) is 10.8. The molecule has 34 heavy (non-hydrogen) atoms. The number of carbonyl (C=O) groups excluding carboxylic acids is 1. The van der Waals surface area contributed by atoms with Crippen molar-refractivity contribution in [3.05, 3.63) is 66.0 Å². The molecule has 10 nitrogen and oxygen atoms in total. The molecule has 10 heteroatoms. The Balaban J connectivity index is 1.52. The van der Waals surface area contributed by atoms with E-state index in [1.807, 2.05) is 6.07 Å². The molecule has 0 radical (unpaired) electrons. The van der Waals surface area contributed by atoms with Gasteiger partial charge in [-0.1, -0.05) is 36.4 Å². The fraction of sp³-hybridized carbons (Fsp3) is 0.458. The first-order valence-electron chi connectivity index (χ1n) is 11.0. The van der Waals surface area contributed by atoms with Crippen molar-refractivity contribution in [2.75, 3.05) is 13.2 Å². The van der Waals surface area contributed by atoms with E-state index >= 15 is 0 Å². The Kier molecular flexibility index (Phi) is 7.79. The number of ether oxygens (including phenoxy) is 4. The first-order chi connectivity index (χ1) is 16.4. The Morgan fingerprint density at radius 1 is 1.06 bits per heavy atom. The molecule has 0 spiro atoms. The Morgan fingerprint density at radius 2 is 1.82 bits per heavy atom. The van der Waals surface area contributed by atoms with Crippen molar-refractivity contribution in [2.24, 2.45) is 11.8 Å². The van der Waals surface area contributed by atoms with Gasteiger partial charge in [0.05, 0.1) is 31.5 Å². The van der Waals surface area contributed by atoms with Crippen LogP contribution in [0, 0.1) is 11.8 Å². The molecular formula is C24H28O10. The average Bonchev–Trinajstić information content (AvgIpc) is 3.19. The fourth-order valence-electron chi connectivity index (χ4n) is 4.39. The highest BCUT2D eigenvalue weighted by Crippen LogP contribution is 2.41. The number of aliphatic hydroxyl groups is 5. The molecule has 3 aliphatic rings. The zero-order valence-corrected chi connectivity index (χ0v) is 18.2. The van der Waals surface area contributed by atoms with Crippen molar-refractivity contribution in [3.8, 4) is 0 Å². The molecule has 1 aromatic rings. The maximum Gasteiger partial charge on any atom is 0.331 e. The number of esters is 1. The Morgan fingerprint density at radius 3 is 2.53 bits per heavy atom. The van der Waals surface area contributed by atoms with Gasteiger partial charge in [0.25, 0.3) is 0 Å². The van der Waals surface area contributed by atoms with Crippen LogP contribution in [-0.2, 0) is 23.7 Å². The number of benzene rings is 1. The highest BCUT2D eigenvalue weighted by atomic mass is 16.8. The Hall–Kier alpha value is -2.57. The van der Waals surface area contributed by atoms with E-state index < -0.39 is 67.5 Å². The van der Waals surface area contributed by atoms with Gasteiger partial charge in [-0.25, -0.2) is 4.79 Å². The first-order valence-corrected chi connectivity index (χ1v) is 11.0. The summed E-state index contributed by atoms with van der Waals surface area (Å²) in [5.74, 6) is -1.78. The van der Waals surface area contributed by atoms with Crippen LogP contribution in [-0.4, -0.2) is 87.8 Å². The third-order valence-electron chi connectivity index (χ3n) is 6.17. The topological polar surface area (TPSA) is 155 Å². The van der Waals surface area contributed by atoms with Crippen LogP contribution in [0.15, 0.2) is 60.4 Å². The molecular weight excluding hydrogens is 448 g/mol. The number of carbonyl (C=O) groups is 1. The lowest BCUT2D eigenvalue weighted by Crippen LogP contribution is -2.61. The zero-order chi connectivity index (χ0) is 24.2. The number of hydrogen-bond donors (Lipinski definition) is 5. The molecule has 1 aliphatic carbocycles. The van der Waals surface area contributed by atoms with Gasteiger partial charge in [0.2, 0.25) is 12.6 Å². The summed E-state index contributed by atoms with van der Waals surface area (Å²) in [6, 6.07) is 9.02. The van der Waals surface area contributed by atoms with Gasteiger partial charge in [-0.05, 0) is 23.3 Å². The van der Waals surface area contributed by atoms with E-state index in [1.54, 1.807) is 30.3 Å². The molecule has 1 fully saturated rings. The van der Waals surface area contributed by atoms with Gasteiger partial charge < -0.3 is 44.5 Å². The second-order valence-corrected chi connectivity index (χ2v) is 8.31. The zero-order valence-electron chi connectivity index (χ0n) is 18.2. The highest BCUT2D eigenvalue weighted by molar-refractivity contribution is 5.87. The first kappa shape index (κ1) is 24.6. The van der Waals surface area contributed by atoms with Crippen LogP contribution in [0.25, 0.3) is 6.08 Å². The lowest BCUT2D eigenvalue weighted by Gasteiger charge is -2.43. The van der Waals surface area contributed by atoms with Crippen molar-refractivity contribution in [2.45, 2.75) is 43.1 Å². The number of hydrogen-bond acceptors (Lipinski definition) is 10. The highest BCUT2D eigenvalue weighted by Gasteiger charge is 2.50. The molecule has 2 aliphatic heterocycles. The predicted molar refractivity (Wildman–Crippen MR) is 116 cm³/mol. The summed E-state index contributed by atoms with van der Waals surface area (Å²) in [5.41, 5.74) is 1.26. The number of aliphatic hydroxyl groups excluding tert-OH is 5. The largest absolute Gasteiger partial charge is 0.472 e. The van der Waals surface area contributed by atoms with E-state index in [1.165, 1.54) is 24.5 Å². The molecule has 4 rings (SSSR count). The quantitative estimate of drug-likeness (QED) is 0.197. The van der Waals surface area contributed by atoms with Crippen LogP contribution < -0.4 is 0 Å². The van der Waals surface area contributed by atoms with E-state index in [2.05, 4.69) is 0 Å². The van der Waals surface area contributed by atoms with Gasteiger partial charge in [0.1, 0.15) is 18.3 Å². The van der Waals surface area contributed by atoms with Crippen LogP contribution in [0.5, 0.6) is 0 Å². The van der Waals surface area contributed by atoms with Crippen LogP contribution in [0.2, 0.25) is 0 Å². The summed E-state index contributed by atoms with van der Waals surface area (Å²) in [7, 11) is 0. The van der Waals surface area contributed by atoms with Gasteiger partial charge >= 0.3 is 5.97 Å². The minimum absolute atomic E-state index is 0.329. The average molecular weight is 476 g/mol. The van der Waals surface area contributed by atoms with Gasteiger partial charge in [0.15, 0.2) is 6.10 Å². The number of fused-ring (bicyclic) bond motifs is 1. The van der Waals surface area contributed by atoms with E-state index in [9.17, 15) is 30.3 Å². The Bertz CT molecular complexity index is 929. The van der Waals surface area contributed by atoms with Crippen molar-refractivity contribution in [1.82, 2.24) is 0 Å². The molecule has 9 unspecified atom stereocenters. The van der Waals surface area contributed by atoms with Crippen molar-refractivity contribution in [1.29, 1.82) is 0 Å². The smallest absolute Gasteiger partial charge is 0.331 e. The molecule has 0 bridgehead atoms. The van der Waals surface area contributed by atoms with Crippen LogP contribution in [0.3, 0.4) is 0 Å². The summed E-state index contributed by atoms with van der Waals surface area (Å²) in [5, 5.41) is 50.5. The normalized spacial score (nSPS) is 37.2. The molecule has 1 aromatic carbocycles. The molecule has 184 valence electrons. The van der Waals surface area contributed by atoms with Crippen LogP contribution in [0.4, 0.5) is 0 Å². The van der Waals surface area contributed by atoms with E-state index in [0.717, 1.165) is 5.56 Å². The molecule has 0 aromatic heterocycles. The van der Waals surface area contributed by atoms with E-state index in [4.69, 9.17) is 18.9 Å². The maximum absolute atomic E-state index is 12.5. The van der Waals surface area contributed by atoms with Crippen molar-refractivity contribution < 1.29 is 49.3 Å². The maximum atomic E-state index is 12.5. The lowest BCUT2D eigenvalue weighted by molar-refractivity contribution is -0.340. The van der Waals surface area contributed by atoms with Crippen LogP contribution in [0.1, 0.15) is 5.56 Å². The van der Waals surface area contributed by atoms with E-state index in [-0.39, 0.29) is 6.61 Å². The molecule has 1 saturated heterocycles. The monoisotopic (exact) mass is 476 g/mol. The second-order valence-electron chi connectivity index (χ2n) is 8.31. The van der Waals surface area contributed by atoms with E-state index in [0.29, 0.717) is 5.57 Å². The fourth-order valence-corrected chi connectivity index (χ4v) is 4.39. The molecule has 2 heterocycles. The summed E-state index contributed by atoms with van der Waals surface area (Å²) in [4.78, 5) is 12.5. The van der Waals surface area contributed by atoms with Gasteiger partial charge in [-0.3, -0.25) is 0 Å². The molecule has 9 atom stereocenters. The third kappa shape index (κ3) is 5.08. The minimum Gasteiger partial charge on any atom is -0.472 e. The third-order valence-corrected chi connectivity index (χ3v) is 6.17.